The van der Waals surface area contributed by atoms with E-state index in [9.17, 15) is 22.8 Å². The van der Waals surface area contributed by atoms with Gasteiger partial charge in [-0.2, -0.15) is 4.72 Å². The summed E-state index contributed by atoms with van der Waals surface area (Å²) in [6, 6.07) is 10.8. The molecule has 154 valence electrons. The number of rotatable bonds is 8. The standard InChI is InChI=1S/C20H22N2O6S/c1-3-14-6-4-5-7-16(14)19(25)21-20(26)17(12-18(23)24)22-29(27,28)15-10-8-13(2)9-11-15/h4-11,17,22H,3,12H2,1-2H3,(H,23,24)(H,21,25,26)/t17-/m0/s1. The Labute approximate surface area is 169 Å². The first-order chi connectivity index (χ1) is 13.6. The number of carboxylic acid groups (broad SMARTS) is 1. The summed E-state index contributed by atoms with van der Waals surface area (Å²) < 4.78 is 27.1. The third-order valence-corrected chi connectivity index (χ3v) is 5.69. The Morgan fingerprint density at radius 3 is 2.24 bits per heavy atom. The summed E-state index contributed by atoms with van der Waals surface area (Å²) in [6.45, 7) is 3.63. The van der Waals surface area contributed by atoms with Crippen LogP contribution in [-0.4, -0.2) is 37.3 Å². The third kappa shape index (κ3) is 5.97. The quantitative estimate of drug-likeness (QED) is 0.598. The maximum atomic E-state index is 12.5. The second kappa shape index (κ2) is 9.44. The molecule has 0 unspecified atom stereocenters. The monoisotopic (exact) mass is 418 g/mol. The van der Waals surface area contributed by atoms with Gasteiger partial charge in [-0.1, -0.05) is 42.8 Å². The molecule has 0 spiro atoms. The predicted molar refractivity (Wildman–Crippen MR) is 106 cm³/mol. The molecular formula is C20H22N2O6S. The van der Waals surface area contributed by atoms with E-state index in [1.54, 1.807) is 37.3 Å². The number of carbonyl (C=O) groups excluding carboxylic acids is 2. The number of nitrogens with one attached hydrogen (secondary N) is 2. The number of imide groups is 1. The lowest BCUT2D eigenvalue weighted by Crippen LogP contribution is -2.49. The van der Waals surface area contributed by atoms with Crippen molar-refractivity contribution in [3.05, 3.63) is 65.2 Å². The van der Waals surface area contributed by atoms with Gasteiger partial charge in [-0.15, -0.1) is 0 Å². The first-order valence-electron chi connectivity index (χ1n) is 8.88. The van der Waals surface area contributed by atoms with E-state index in [-0.39, 0.29) is 10.5 Å². The van der Waals surface area contributed by atoms with Crippen LogP contribution >= 0.6 is 0 Å². The van der Waals surface area contributed by atoms with E-state index >= 15 is 0 Å². The Morgan fingerprint density at radius 2 is 1.66 bits per heavy atom. The van der Waals surface area contributed by atoms with Crippen molar-refractivity contribution in [1.29, 1.82) is 0 Å². The Bertz CT molecular complexity index is 1020. The molecule has 8 nitrogen and oxygen atoms in total. The van der Waals surface area contributed by atoms with Crippen molar-refractivity contribution in [3.63, 3.8) is 0 Å². The van der Waals surface area contributed by atoms with Crippen molar-refractivity contribution < 1.29 is 27.9 Å². The van der Waals surface area contributed by atoms with Crippen molar-refractivity contribution in [2.24, 2.45) is 0 Å². The van der Waals surface area contributed by atoms with Crippen LogP contribution in [0, 0.1) is 6.92 Å². The lowest BCUT2D eigenvalue weighted by Gasteiger charge is -2.17. The fraction of sp³-hybridized carbons (Fsp3) is 0.250. The van der Waals surface area contributed by atoms with Gasteiger partial charge < -0.3 is 5.11 Å². The number of hydrogen-bond donors (Lipinski definition) is 3. The van der Waals surface area contributed by atoms with Gasteiger partial charge in [0.15, 0.2) is 0 Å². The van der Waals surface area contributed by atoms with Crippen molar-refractivity contribution in [2.75, 3.05) is 0 Å². The van der Waals surface area contributed by atoms with Gasteiger partial charge in [0.1, 0.15) is 6.04 Å². The zero-order valence-corrected chi connectivity index (χ0v) is 16.8. The SMILES string of the molecule is CCc1ccccc1C(=O)NC(=O)[C@H](CC(=O)O)NS(=O)(=O)c1ccc(C)cc1. The van der Waals surface area contributed by atoms with E-state index in [4.69, 9.17) is 5.11 Å². The number of carbonyl (C=O) groups is 3. The Balaban J connectivity index is 2.22. The number of carboxylic acids is 1. The number of hydrogen-bond acceptors (Lipinski definition) is 5. The second-order valence-corrected chi connectivity index (χ2v) is 8.13. The number of benzene rings is 2. The minimum absolute atomic E-state index is 0.117. The molecule has 0 aliphatic carbocycles. The molecule has 0 radical (unpaired) electrons. The zero-order chi connectivity index (χ0) is 21.6. The fourth-order valence-electron chi connectivity index (χ4n) is 2.65. The first kappa shape index (κ1) is 22.3. The average molecular weight is 418 g/mol. The molecule has 0 fully saturated rings. The Morgan fingerprint density at radius 1 is 1.03 bits per heavy atom. The van der Waals surface area contributed by atoms with Crippen molar-refractivity contribution in [1.82, 2.24) is 10.0 Å². The molecule has 0 aromatic heterocycles. The van der Waals surface area contributed by atoms with Gasteiger partial charge in [0.25, 0.3) is 5.91 Å². The number of sulfonamides is 1. The minimum Gasteiger partial charge on any atom is -0.481 e. The topological polar surface area (TPSA) is 130 Å². The van der Waals surface area contributed by atoms with E-state index in [2.05, 4.69) is 10.0 Å². The van der Waals surface area contributed by atoms with Gasteiger partial charge in [-0.3, -0.25) is 19.7 Å². The van der Waals surface area contributed by atoms with Crippen LogP contribution in [-0.2, 0) is 26.0 Å². The molecule has 0 heterocycles. The molecular weight excluding hydrogens is 396 g/mol. The summed E-state index contributed by atoms with van der Waals surface area (Å²) in [4.78, 5) is 36.0. The molecule has 1 atom stereocenters. The molecule has 2 aromatic rings. The predicted octanol–water partition coefficient (Wildman–Crippen LogP) is 1.64. The highest BCUT2D eigenvalue weighted by Crippen LogP contribution is 2.12. The molecule has 2 amide bonds. The highest BCUT2D eigenvalue weighted by Gasteiger charge is 2.29. The normalized spacial score (nSPS) is 12.2. The van der Waals surface area contributed by atoms with Gasteiger partial charge in [0, 0.05) is 5.56 Å². The van der Waals surface area contributed by atoms with E-state index < -0.39 is 40.3 Å². The average Bonchev–Trinajstić information content (AvgIpc) is 2.67. The second-order valence-electron chi connectivity index (χ2n) is 6.41. The maximum absolute atomic E-state index is 12.5. The van der Waals surface area contributed by atoms with Gasteiger partial charge in [-0.25, -0.2) is 8.42 Å². The lowest BCUT2D eigenvalue weighted by atomic mass is 10.0. The van der Waals surface area contributed by atoms with Crippen LogP contribution in [0.2, 0.25) is 0 Å². The van der Waals surface area contributed by atoms with Crippen LogP contribution in [0.1, 0.15) is 34.8 Å². The number of aliphatic carboxylic acids is 1. The van der Waals surface area contributed by atoms with Crippen LogP contribution in [0.5, 0.6) is 0 Å². The van der Waals surface area contributed by atoms with Crippen LogP contribution in [0.4, 0.5) is 0 Å². The van der Waals surface area contributed by atoms with Crippen LogP contribution < -0.4 is 10.0 Å². The van der Waals surface area contributed by atoms with E-state index in [1.165, 1.54) is 18.2 Å². The molecule has 2 aromatic carbocycles. The molecule has 9 heteroatoms. The van der Waals surface area contributed by atoms with Crippen molar-refractivity contribution in [3.8, 4) is 0 Å². The molecule has 2 rings (SSSR count). The van der Waals surface area contributed by atoms with Gasteiger partial charge in [0.2, 0.25) is 15.9 Å². The van der Waals surface area contributed by atoms with Crippen LogP contribution in [0.3, 0.4) is 0 Å². The Hall–Kier alpha value is -3.04. The van der Waals surface area contributed by atoms with Gasteiger partial charge >= 0.3 is 5.97 Å². The van der Waals surface area contributed by atoms with Gasteiger partial charge in [0.05, 0.1) is 11.3 Å². The highest BCUT2D eigenvalue weighted by atomic mass is 32.2. The van der Waals surface area contributed by atoms with Crippen molar-refractivity contribution >= 4 is 27.8 Å². The van der Waals surface area contributed by atoms with Crippen LogP contribution in [0.15, 0.2) is 53.4 Å². The van der Waals surface area contributed by atoms with Crippen LogP contribution in [0.25, 0.3) is 0 Å². The van der Waals surface area contributed by atoms with E-state index in [0.29, 0.717) is 12.0 Å². The summed E-state index contributed by atoms with van der Waals surface area (Å²) in [5, 5.41) is 11.2. The molecule has 3 N–H and O–H groups in total. The zero-order valence-electron chi connectivity index (χ0n) is 16.0. The van der Waals surface area contributed by atoms with E-state index in [0.717, 1.165) is 5.56 Å². The summed E-state index contributed by atoms with van der Waals surface area (Å²) >= 11 is 0. The molecule has 0 saturated heterocycles. The largest absolute Gasteiger partial charge is 0.481 e. The number of aryl methyl sites for hydroxylation is 2. The van der Waals surface area contributed by atoms with Crippen molar-refractivity contribution in [2.45, 2.75) is 37.6 Å². The summed E-state index contributed by atoms with van der Waals surface area (Å²) in [6.07, 6.45) is -0.268. The van der Waals surface area contributed by atoms with Gasteiger partial charge in [-0.05, 0) is 37.1 Å². The lowest BCUT2D eigenvalue weighted by molar-refractivity contribution is -0.139. The molecule has 29 heavy (non-hydrogen) atoms. The fourth-order valence-corrected chi connectivity index (χ4v) is 3.85. The van der Waals surface area contributed by atoms with E-state index in [1.807, 2.05) is 6.92 Å². The maximum Gasteiger partial charge on any atom is 0.305 e. The summed E-state index contributed by atoms with van der Waals surface area (Å²) in [5.41, 5.74) is 1.80. The minimum atomic E-state index is -4.17. The number of amides is 2. The molecule has 0 saturated carbocycles. The summed E-state index contributed by atoms with van der Waals surface area (Å²) in [5.74, 6) is -3.16. The molecule has 0 bridgehead atoms. The first-order valence-corrected chi connectivity index (χ1v) is 10.4. The highest BCUT2D eigenvalue weighted by molar-refractivity contribution is 7.89. The molecule has 0 aliphatic rings. The summed E-state index contributed by atoms with van der Waals surface area (Å²) in [7, 11) is -4.17. The molecule has 0 aliphatic heterocycles. The Kier molecular flexibility index (Phi) is 7.24. The third-order valence-electron chi connectivity index (χ3n) is 4.20. The smallest absolute Gasteiger partial charge is 0.305 e.